The zero-order valence-electron chi connectivity index (χ0n) is 8.42. The number of carbonyl (C=O) groups is 1. The average molecular weight is 293 g/mol. The summed E-state index contributed by atoms with van der Waals surface area (Å²) in [5.41, 5.74) is 0. The maximum absolute atomic E-state index is 11.0. The summed E-state index contributed by atoms with van der Waals surface area (Å²) in [5.74, 6) is -0.886. The van der Waals surface area contributed by atoms with Crippen molar-refractivity contribution >= 4 is 27.8 Å². The van der Waals surface area contributed by atoms with Gasteiger partial charge in [-0.1, -0.05) is 0 Å². The lowest BCUT2D eigenvalue weighted by Gasteiger charge is -1.99. The van der Waals surface area contributed by atoms with Gasteiger partial charge in [0.2, 0.25) is 0 Å². The summed E-state index contributed by atoms with van der Waals surface area (Å²) >= 11 is 3.01. The van der Waals surface area contributed by atoms with Gasteiger partial charge >= 0.3 is 11.9 Å². The minimum Gasteiger partial charge on any atom is -0.466 e. The van der Waals surface area contributed by atoms with Crippen LogP contribution in [0.1, 0.15) is 13.3 Å². The number of nitrogens with zero attached hydrogens (tertiary/aromatic N) is 4. The largest absolute Gasteiger partial charge is 0.492 e. The van der Waals surface area contributed by atoms with Crippen LogP contribution in [0.3, 0.4) is 0 Å². The molecule has 0 N–H and O–H groups in total. The minimum atomic E-state index is -0.703. The van der Waals surface area contributed by atoms with Crippen molar-refractivity contribution in [2.24, 2.45) is 0 Å². The first kappa shape index (κ1) is 12.6. The molecule has 88 valence electrons. The van der Waals surface area contributed by atoms with E-state index in [-0.39, 0.29) is 23.7 Å². The zero-order valence-corrected chi connectivity index (χ0v) is 10.0. The molecule has 0 radical (unpaired) electrons. The molecular weight excluding hydrogens is 284 g/mol. The van der Waals surface area contributed by atoms with E-state index in [1.54, 1.807) is 6.92 Å². The van der Waals surface area contributed by atoms with Crippen LogP contribution < -0.4 is 0 Å². The zero-order chi connectivity index (χ0) is 12.1. The maximum atomic E-state index is 11.0. The number of carbonyl (C=O) groups excluding carboxylic acids is 1. The predicted octanol–water partition coefficient (Wildman–Crippen LogP) is 0.902. The van der Waals surface area contributed by atoms with Crippen molar-refractivity contribution < 1.29 is 14.5 Å². The fraction of sp³-hybridized carbons (Fsp3) is 0.571. The molecule has 0 atom stereocenters. The van der Waals surface area contributed by atoms with E-state index in [9.17, 15) is 14.9 Å². The van der Waals surface area contributed by atoms with Crippen molar-refractivity contribution in [2.75, 3.05) is 6.61 Å². The molecule has 0 fully saturated rings. The van der Waals surface area contributed by atoms with Crippen LogP contribution in [-0.2, 0) is 16.1 Å². The van der Waals surface area contributed by atoms with Gasteiger partial charge in [-0.2, -0.15) is 4.68 Å². The first-order chi connectivity index (χ1) is 7.54. The van der Waals surface area contributed by atoms with Crippen LogP contribution in [-0.4, -0.2) is 32.3 Å². The minimum absolute atomic E-state index is 0.0902. The highest BCUT2D eigenvalue weighted by Gasteiger charge is 2.19. The van der Waals surface area contributed by atoms with Crippen molar-refractivity contribution in [3.8, 4) is 0 Å². The van der Waals surface area contributed by atoms with E-state index in [0.717, 1.165) is 0 Å². The van der Waals surface area contributed by atoms with Gasteiger partial charge in [-0.05, 0) is 16.8 Å². The van der Waals surface area contributed by atoms with Gasteiger partial charge in [0.05, 0.1) is 19.6 Å². The molecule has 0 spiro atoms. The molecule has 0 aliphatic rings. The van der Waals surface area contributed by atoms with Crippen LogP contribution in [0.4, 0.5) is 5.95 Å². The SMILES string of the molecule is CCOC(=O)CCn1nc([N+](=O)[O-])nc1Br. The van der Waals surface area contributed by atoms with Crippen molar-refractivity contribution in [3.63, 3.8) is 0 Å². The van der Waals surface area contributed by atoms with Crippen LogP contribution in [0.5, 0.6) is 0 Å². The van der Waals surface area contributed by atoms with Gasteiger partial charge in [0.25, 0.3) is 4.73 Å². The fourth-order valence-corrected chi connectivity index (χ4v) is 1.38. The third-order valence-electron chi connectivity index (χ3n) is 1.61. The van der Waals surface area contributed by atoms with Gasteiger partial charge in [-0.3, -0.25) is 4.79 Å². The Labute approximate surface area is 98.9 Å². The second-order valence-electron chi connectivity index (χ2n) is 2.72. The Morgan fingerprint density at radius 3 is 2.88 bits per heavy atom. The van der Waals surface area contributed by atoms with Gasteiger partial charge in [0.15, 0.2) is 0 Å². The highest BCUT2D eigenvalue weighted by Crippen LogP contribution is 2.12. The van der Waals surface area contributed by atoms with Crippen molar-refractivity contribution in [2.45, 2.75) is 19.9 Å². The van der Waals surface area contributed by atoms with E-state index < -0.39 is 10.9 Å². The molecule has 1 aromatic heterocycles. The Balaban J connectivity index is 2.60. The predicted molar refractivity (Wildman–Crippen MR) is 55.6 cm³/mol. The van der Waals surface area contributed by atoms with E-state index in [2.05, 4.69) is 26.0 Å². The fourth-order valence-electron chi connectivity index (χ4n) is 0.962. The average Bonchev–Trinajstić information content (AvgIpc) is 2.58. The number of aromatic nitrogens is 3. The third kappa shape index (κ3) is 3.26. The highest BCUT2D eigenvalue weighted by molar-refractivity contribution is 9.10. The molecule has 16 heavy (non-hydrogen) atoms. The molecule has 9 heteroatoms. The summed E-state index contributed by atoms with van der Waals surface area (Å²) in [6, 6.07) is 0. The first-order valence-corrected chi connectivity index (χ1v) is 5.24. The molecule has 1 heterocycles. The van der Waals surface area contributed by atoms with Crippen LogP contribution >= 0.6 is 15.9 Å². The Hall–Kier alpha value is -1.51. The Kier molecular flexibility index (Phi) is 4.35. The quantitative estimate of drug-likeness (QED) is 0.454. The summed E-state index contributed by atoms with van der Waals surface area (Å²) < 4.78 is 6.15. The molecule has 1 aromatic rings. The lowest BCUT2D eigenvalue weighted by atomic mass is 10.4. The monoisotopic (exact) mass is 292 g/mol. The summed E-state index contributed by atoms with van der Waals surface area (Å²) in [6.45, 7) is 2.19. The topological polar surface area (TPSA) is 100 Å². The molecule has 0 saturated carbocycles. The van der Waals surface area contributed by atoms with Gasteiger partial charge < -0.3 is 14.9 Å². The standard InChI is InChI=1S/C7H9BrN4O4/c1-2-16-5(13)3-4-11-6(8)9-7(10-11)12(14)15/h2-4H2,1H3. The van der Waals surface area contributed by atoms with E-state index in [4.69, 9.17) is 4.74 Å². The molecule has 0 aromatic carbocycles. The lowest BCUT2D eigenvalue weighted by Crippen LogP contribution is -2.10. The van der Waals surface area contributed by atoms with Crippen molar-refractivity contribution in [3.05, 3.63) is 14.8 Å². The Morgan fingerprint density at radius 2 is 2.38 bits per heavy atom. The summed E-state index contributed by atoms with van der Waals surface area (Å²) in [5, 5.41) is 14.0. The third-order valence-corrected chi connectivity index (χ3v) is 2.20. The molecule has 0 amide bonds. The number of ether oxygens (including phenoxy) is 1. The molecule has 1 rings (SSSR count). The number of nitro groups is 1. The van der Waals surface area contributed by atoms with Crippen LogP contribution in [0, 0.1) is 10.1 Å². The molecular formula is C7H9BrN4O4. The summed E-state index contributed by atoms with van der Waals surface area (Å²) in [7, 11) is 0. The second kappa shape index (κ2) is 5.54. The molecule has 0 saturated heterocycles. The molecule has 8 nitrogen and oxygen atoms in total. The number of hydrogen-bond acceptors (Lipinski definition) is 6. The van der Waals surface area contributed by atoms with E-state index in [1.807, 2.05) is 0 Å². The van der Waals surface area contributed by atoms with Crippen LogP contribution in [0.15, 0.2) is 4.73 Å². The first-order valence-electron chi connectivity index (χ1n) is 4.45. The van der Waals surface area contributed by atoms with E-state index in [1.165, 1.54) is 4.68 Å². The second-order valence-corrected chi connectivity index (χ2v) is 3.43. The van der Waals surface area contributed by atoms with Crippen molar-refractivity contribution in [1.82, 2.24) is 14.8 Å². The smallest absolute Gasteiger partial charge is 0.466 e. The summed E-state index contributed by atoms with van der Waals surface area (Å²) in [6.07, 6.45) is 0.0902. The summed E-state index contributed by atoms with van der Waals surface area (Å²) in [4.78, 5) is 24.2. The normalized spacial score (nSPS) is 10.1. The molecule has 0 unspecified atom stereocenters. The van der Waals surface area contributed by atoms with Gasteiger partial charge in [-0.25, -0.2) is 0 Å². The van der Waals surface area contributed by atoms with Gasteiger partial charge in [0, 0.05) is 21.0 Å². The van der Waals surface area contributed by atoms with Crippen LogP contribution in [0.2, 0.25) is 0 Å². The number of hydrogen-bond donors (Lipinski definition) is 0. The molecule has 0 aliphatic heterocycles. The number of esters is 1. The van der Waals surface area contributed by atoms with Gasteiger partial charge in [0.1, 0.15) is 0 Å². The van der Waals surface area contributed by atoms with Gasteiger partial charge in [-0.15, -0.1) is 0 Å². The van der Waals surface area contributed by atoms with E-state index >= 15 is 0 Å². The number of rotatable bonds is 5. The molecule has 0 bridgehead atoms. The number of halogens is 1. The lowest BCUT2D eigenvalue weighted by molar-refractivity contribution is -0.394. The highest BCUT2D eigenvalue weighted by atomic mass is 79.9. The number of aryl methyl sites for hydroxylation is 1. The van der Waals surface area contributed by atoms with Crippen LogP contribution in [0.25, 0.3) is 0 Å². The Bertz CT molecular complexity index is 405. The van der Waals surface area contributed by atoms with Crippen molar-refractivity contribution in [1.29, 1.82) is 0 Å². The maximum Gasteiger partial charge on any atom is 0.492 e. The van der Waals surface area contributed by atoms with E-state index in [0.29, 0.717) is 6.61 Å². The molecule has 0 aliphatic carbocycles. The Morgan fingerprint density at radius 1 is 1.69 bits per heavy atom.